The zero-order valence-corrected chi connectivity index (χ0v) is 16.8. The molecule has 6 nitrogen and oxygen atoms in total. The number of rotatable bonds is 6. The Morgan fingerprint density at radius 1 is 1.10 bits per heavy atom. The smallest absolute Gasteiger partial charge is 0.224 e. The number of carbonyl (C=O) groups excluding carboxylic acids is 2. The highest BCUT2D eigenvalue weighted by Crippen LogP contribution is 2.16. The number of fused-ring (bicyclic) bond motifs is 1. The van der Waals surface area contributed by atoms with E-state index in [1.54, 1.807) is 18.3 Å². The van der Waals surface area contributed by atoms with E-state index in [0.717, 1.165) is 29.3 Å². The van der Waals surface area contributed by atoms with Crippen molar-refractivity contribution in [2.24, 2.45) is 0 Å². The summed E-state index contributed by atoms with van der Waals surface area (Å²) in [6.45, 7) is 1.92. The van der Waals surface area contributed by atoms with Gasteiger partial charge in [0.1, 0.15) is 5.82 Å². The molecule has 0 radical (unpaired) electrons. The second kappa shape index (κ2) is 9.07. The third-order valence-corrected chi connectivity index (χ3v) is 5.63. The van der Waals surface area contributed by atoms with Crippen LogP contribution in [0.5, 0.6) is 0 Å². The fourth-order valence-electron chi connectivity index (χ4n) is 3.94. The van der Waals surface area contributed by atoms with Gasteiger partial charge in [0.25, 0.3) is 0 Å². The van der Waals surface area contributed by atoms with Gasteiger partial charge in [0, 0.05) is 49.9 Å². The summed E-state index contributed by atoms with van der Waals surface area (Å²) in [6.07, 6.45) is 7.75. The molecule has 0 unspecified atom stereocenters. The van der Waals surface area contributed by atoms with Gasteiger partial charge in [-0.25, -0.2) is 4.39 Å². The van der Waals surface area contributed by atoms with Crippen LogP contribution in [-0.2, 0) is 22.6 Å². The number of aryl methyl sites for hydroxylation is 1. The molecule has 30 heavy (non-hydrogen) atoms. The summed E-state index contributed by atoms with van der Waals surface area (Å²) in [7, 11) is 0. The van der Waals surface area contributed by atoms with E-state index in [-0.39, 0.29) is 30.1 Å². The second-order valence-corrected chi connectivity index (χ2v) is 7.72. The van der Waals surface area contributed by atoms with Gasteiger partial charge in [-0.05, 0) is 42.7 Å². The second-order valence-electron chi connectivity index (χ2n) is 7.72. The molecule has 4 rings (SSSR count). The number of carbonyl (C=O) groups is 2. The number of aromatic nitrogens is 2. The van der Waals surface area contributed by atoms with Crippen LogP contribution in [0, 0.1) is 5.82 Å². The fraction of sp³-hybridized carbons (Fsp3) is 0.348. The Kier molecular flexibility index (Phi) is 6.07. The van der Waals surface area contributed by atoms with Crippen molar-refractivity contribution < 1.29 is 14.0 Å². The first-order chi connectivity index (χ1) is 14.6. The molecule has 2 aromatic heterocycles. The normalized spacial score (nSPS) is 14.8. The maximum absolute atomic E-state index is 13.0. The standard InChI is InChI=1S/C23H25FN4O2/c24-19-3-1-17(2-4-19)15-22(29)26-20-7-12-28(13-8-20)23(30)9-14-27-11-6-18-5-10-25-16-21(18)27/h1-6,10-11,16,20H,7-9,12-15H2,(H,26,29). The monoisotopic (exact) mass is 408 g/mol. The Balaban J connectivity index is 1.21. The van der Waals surface area contributed by atoms with Crippen molar-refractivity contribution in [3.05, 3.63) is 66.4 Å². The van der Waals surface area contributed by atoms with E-state index in [9.17, 15) is 14.0 Å². The molecule has 1 aliphatic rings. The average molecular weight is 408 g/mol. The first kappa shape index (κ1) is 20.1. The minimum Gasteiger partial charge on any atom is -0.353 e. The quantitative estimate of drug-likeness (QED) is 0.682. The van der Waals surface area contributed by atoms with Gasteiger partial charge in [-0.1, -0.05) is 12.1 Å². The number of halogens is 1. The van der Waals surface area contributed by atoms with Crippen molar-refractivity contribution in [3.8, 4) is 0 Å². The van der Waals surface area contributed by atoms with Gasteiger partial charge in [0.2, 0.25) is 11.8 Å². The number of benzene rings is 1. The molecule has 0 atom stereocenters. The summed E-state index contributed by atoms with van der Waals surface area (Å²) < 4.78 is 15.0. The van der Waals surface area contributed by atoms with Gasteiger partial charge in [-0.2, -0.15) is 0 Å². The van der Waals surface area contributed by atoms with E-state index in [2.05, 4.69) is 14.9 Å². The van der Waals surface area contributed by atoms with Crippen molar-refractivity contribution in [1.82, 2.24) is 19.8 Å². The van der Waals surface area contributed by atoms with E-state index in [1.807, 2.05) is 29.4 Å². The molecule has 3 heterocycles. The van der Waals surface area contributed by atoms with E-state index in [0.29, 0.717) is 26.1 Å². The first-order valence-corrected chi connectivity index (χ1v) is 10.3. The molecule has 1 aromatic carbocycles. The number of amides is 2. The highest BCUT2D eigenvalue weighted by molar-refractivity contribution is 5.80. The SMILES string of the molecule is O=C(Cc1ccc(F)cc1)NC1CCN(C(=O)CCn2ccc3ccncc32)CC1. The lowest BCUT2D eigenvalue weighted by Crippen LogP contribution is -2.47. The van der Waals surface area contributed by atoms with Gasteiger partial charge in [-0.3, -0.25) is 14.6 Å². The molecule has 1 N–H and O–H groups in total. The summed E-state index contributed by atoms with van der Waals surface area (Å²) >= 11 is 0. The van der Waals surface area contributed by atoms with Crippen LogP contribution >= 0.6 is 0 Å². The number of nitrogens with one attached hydrogen (secondary N) is 1. The van der Waals surface area contributed by atoms with E-state index < -0.39 is 0 Å². The molecule has 0 spiro atoms. The minimum atomic E-state index is -0.308. The third-order valence-electron chi connectivity index (χ3n) is 5.63. The number of pyridine rings is 1. The fourth-order valence-corrected chi connectivity index (χ4v) is 3.94. The molecular formula is C23H25FN4O2. The van der Waals surface area contributed by atoms with E-state index in [4.69, 9.17) is 0 Å². The zero-order chi connectivity index (χ0) is 20.9. The lowest BCUT2D eigenvalue weighted by molar-refractivity contribution is -0.132. The van der Waals surface area contributed by atoms with E-state index >= 15 is 0 Å². The number of piperidine rings is 1. The Hall–Kier alpha value is -3.22. The summed E-state index contributed by atoms with van der Waals surface area (Å²) in [5.74, 6) is -0.242. The topological polar surface area (TPSA) is 67.2 Å². The first-order valence-electron chi connectivity index (χ1n) is 10.3. The average Bonchev–Trinajstić information content (AvgIpc) is 3.17. The molecule has 0 bridgehead atoms. The van der Waals surface area contributed by atoms with Gasteiger partial charge in [-0.15, -0.1) is 0 Å². The van der Waals surface area contributed by atoms with Crippen LogP contribution in [0.25, 0.3) is 10.9 Å². The maximum Gasteiger partial charge on any atom is 0.224 e. The van der Waals surface area contributed by atoms with Crippen LogP contribution in [0.2, 0.25) is 0 Å². The van der Waals surface area contributed by atoms with Crippen molar-refractivity contribution in [1.29, 1.82) is 0 Å². The van der Waals surface area contributed by atoms with Gasteiger partial charge < -0.3 is 14.8 Å². The predicted octanol–water partition coefficient (Wildman–Crippen LogP) is 2.92. The van der Waals surface area contributed by atoms with Gasteiger partial charge >= 0.3 is 0 Å². The maximum atomic E-state index is 13.0. The Morgan fingerprint density at radius 3 is 2.63 bits per heavy atom. The lowest BCUT2D eigenvalue weighted by atomic mass is 10.0. The number of hydrogen-bond donors (Lipinski definition) is 1. The number of nitrogens with zero attached hydrogens (tertiary/aromatic N) is 3. The molecule has 3 aromatic rings. The molecule has 0 saturated carbocycles. The summed E-state index contributed by atoms with van der Waals surface area (Å²) in [6, 6.07) is 10.0. The van der Waals surface area contributed by atoms with Crippen LogP contribution in [0.3, 0.4) is 0 Å². The summed E-state index contributed by atoms with van der Waals surface area (Å²) in [5, 5.41) is 4.15. The molecule has 2 amide bonds. The molecule has 1 saturated heterocycles. The summed E-state index contributed by atoms with van der Waals surface area (Å²) in [4.78, 5) is 30.9. The van der Waals surface area contributed by atoms with Crippen molar-refractivity contribution in [2.45, 2.75) is 38.3 Å². The largest absolute Gasteiger partial charge is 0.353 e. The summed E-state index contributed by atoms with van der Waals surface area (Å²) in [5.41, 5.74) is 1.82. The van der Waals surface area contributed by atoms with Crippen LogP contribution in [0.15, 0.2) is 55.0 Å². The van der Waals surface area contributed by atoms with Crippen LogP contribution in [0.1, 0.15) is 24.8 Å². The molecule has 0 aliphatic carbocycles. The van der Waals surface area contributed by atoms with Crippen LogP contribution in [0.4, 0.5) is 4.39 Å². The highest BCUT2D eigenvalue weighted by atomic mass is 19.1. The van der Waals surface area contributed by atoms with Crippen molar-refractivity contribution >= 4 is 22.7 Å². The Morgan fingerprint density at radius 2 is 1.87 bits per heavy atom. The number of hydrogen-bond acceptors (Lipinski definition) is 3. The third kappa shape index (κ3) is 4.84. The minimum absolute atomic E-state index is 0.0699. The molecule has 156 valence electrons. The van der Waals surface area contributed by atoms with Crippen LogP contribution in [-0.4, -0.2) is 45.4 Å². The zero-order valence-electron chi connectivity index (χ0n) is 16.8. The van der Waals surface area contributed by atoms with Crippen LogP contribution < -0.4 is 5.32 Å². The molecule has 7 heteroatoms. The predicted molar refractivity (Wildman–Crippen MR) is 112 cm³/mol. The lowest BCUT2D eigenvalue weighted by Gasteiger charge is -2.32. The van der Waals surface area contributed by atoms with Gasteiger partial charge in [0.15, 0.2) is 0 Å². The number of likely N-dealkylation sites (tertiary alicyclic amines) is 1. The van der Waals surface area contributed by atoms with Crippen molar-refractivity contribution in [3.63, 3.8) is 0 Å². The Bertz CT molecular complexity index is 1020. The van der Waals surface area contributed by atoms with Gasteiger partial charge in [0.05, 0.1) is 18.1 Å². The van der Waals surface area contributed by atoms with Crippen molar-refractivity contribution in [2.75, 3.05) is 13.1 Å². The molecule has 1 aliphatic heterocycles. The molecule has 1 fully saturated rings. The molecular weight excluding hydrogens is 383 g/mol. The van der Waals surface area contributed by atoms with E-state index in [1.165, 1.54) is 12.1 Å². The highest BCUT2D eigenvalue weighted by Gasteiger charge is 2.23. The Labute approximate surface area is 174 Å².